The Labute approximate surface area is 191 Å². The number of carbonyl (C=O) groups is 1. The van der Waals surface area contributed by atoms with Crippen molar-refractivity contribution in [3.63, 3.8) is 0 Å². The van der Waals surface area contributed by atoms with Gasteiger partial charge in [0, 0.05) is 11.0 Å². The van der Waals surface area contributed by atoms with Gasteiger partial charge in [0.15, 0.2) is 5.78 Å². The molecular weight excluding hydrogens is 452 g/mol. The molecule has 1 aromatic heterocycles. The fourth-order valence-corrected chi connectivity index (χ4v) is 4.24. The number of thioether (sulfide) groups is 1. The predicted molar refractivity (Wildman–Crippen MR) is 120 cm³/mol. The number of aromatic nitrogens is 1. The number of ketones is 1. The SMILES string of the molecule is COc1ccc(-c2c(C#N)c(N)nc(SCC(=O)C(C)(C)COS(C)(=O)=O)c2C#N)cc1. The lowest BCUT2D eigenvalue weighted by molar-refractivity contribution is -0.125. The summed E-state index contributed by atoms with van der Waals surface area (Å²) in [5, 5.41) is 19.6. The number of ether oxygens (including phenoxy) is 1. The van der Waals surface area contributed by atoms with Crippen molar-refractivity contribution in [1.29, 1.82) is 10.5 Å². The van der Waals surface area contributed by atoms with E-state index in [1.165, 1.54) is 7.11 Å². The molecule has 2 rings (SSSR count). The Balaban J connectivity index is 2.41. The van der Waals surface area contributed by atoms with Crippen LogP contribution in [0.15, 0.2) is 29.3 Å². The van der Waals surface area contributed by atoms with Gasteiger partial charge in [-0.1, -0.05) is 37.7 Å². The van der Waals surface area contributed by atoms with Gasteiger partial charge in [0.25, 0.3) is 10.1 Å². The molecule has 0 amide bonds. The monoisotopic (exact) mass is 474 g/mol. The van der Waals surface area contributed by atoms with Crippen molar-refractivity contribution in [3.8, 4) is 29.0 Å². The zero-order valence-electron chi connectivity index (χ0n) is 18.0. The van der Waals surface area contributed by atoms with Crippen LogP contribution in [0.1, 0.15) is 25.0 Å². The summed E-state index contributed by atoms with van der Waals surface area (Å²) < 4.78 is 32.4. The lowest BCUT2D eigenvalue weighted by Gasteiger charge is -2.22. The number of pyridine rings is 1. The first-order valence-corrected chi connectivity index (χ1v) is 12.0. The van der Waals surface area contributed by atoms with E-state index in [0.717, 1.165) is 18.0 Å². The molecule has 168 valence electrons. The van der Waals surface area contributed by atoms with Gasteiger partial charge in [-0.15, -0.1) is 0 Å². The number of benzene rings is 1. The number of nitrogens with zero attached hydrogens (tertiary/aromatic N) is 3. The standard InChI is InChI=1S/C21H22N4O5S2/c1-21(2,12-30-32(4,27)28)17(26)11-31-20-16(10-23)18(15(9-22)19(24)25-20)13-5-7-14(29-3)8-6-13/h5-8H,11-12H2,1-4H3,(H2,24,25). The van der Waals surface area contributed by atoms with Gasteiger partial charge in [0.05, 0.1) is 31.3 Å². The minimum atomic E-state index is -3.69. The number of nitrogens with two attached hydrogens (primary N) is 1. The average Bonchev–Trinajstić information content (AvgIpc) is 2.75. The molecule has 0 spiro atoms. The summed E-state index contributed by atoms with van der Waals surface area (Å²) in [6.07, 6.45) is 0.908. The van der Waals surface area contributed by atoms with Gasteiger partial charge in [-0.05, 0) is 17.7 Å². The number of nitrogen functional groups attached to an aromatic ring is 1. The lowest BCUT2D eigenvalue weighted by atomic mass is 9.90. The maximum absolute atomic E-state index is 12.7. The lowest BCUT2D eigenvalue weighted by Crippen LogP contribution is -2.32. The largest absolute Gasteiger partial charge is 0.497 e. The molecule has 0 bridgehead atoms. The minimum absolute atomic E-state index is 0.0595. The van der Waals surface area contributed by atoms with E-state index in [0.29, 0.717) is 16.9 Å². The molecule has 0 aliphatic carbocycles. The van der Waals surface area contributed by atoms with Crippen LogP contribution in [-0.2, 0) is 19.1 Å². The summed E-state index contributed by atoms with van der Waals surface area (Å²) in [5.41, 5.74) is 5.97. The highest BCUT2D eigenvalue weighted by Gasteiger charge is 2.30. The zero-order chi connectivity index (χ0) is 24.1. The van der Waals surface area contributed by atoms with Crippen LogP contribution in [0.2, 0.25) is 0 Å². The third-order valence-electron chi connectivity index (χ3n) is 4.52. The van der Waals surface area contributed by atoms with Crippen molar-refractivity contribution >= 4 is 33.5 Å². The van der Waals surface area contributed by atoms with Crippen molar-refractivity contribution in [2.75, 3.05) is 31.5 Å². The molecule has 0 aliphatic heterocycles. The Morgan fingerprint density at radius 3 is 2.28 bits per heavy atom. The molecule has 2 N–H and O–H groups in total. The summed E-state index contributed by atoms with van der Waals surface area (Å²) >= 11 is 0.988. The van der Waals surface area contributed by atoms with Crippen molar-refractivity contribution < 1.29 is 22.1 Å². The van der Waals surface area contributed by atoms with Crippen molar-refractivity contribution in [2.24, 2.45) is 5.41 Å². The number of hydrogen-bond acceptors (Lipinski definition) is 10. The fourth-order valence-electron chi connectivity index (χ4n) is 2.61. The number of anilines is 1. The first-order chi connectivity index (χ1) is 14.9. The van der Waals surface area contributed by atoms with E-state index < -0.39 is 15.5 Å². The van der Waals surface area contributed by atoms with Gasteiger partial charge in [-0.2, -0.15) is 18.9 Å². The molecule has 11 heteroatoms. The second-order valence-electron chi connectivity index (χ2n) is 7.44. The van der Waals surface area contributed by atoms with Crippen LogP contribution >= 0.6 is 11.8 Å². The maximum Gasteiger partial charge on any atom is 0.264 e. The Kier molecular flexibility index (Phi) is 7.86. The molecule has 2 aromatic rings. The second-order valence-corrected chi connectivity index (χ2v) is 10.0. The van der Waals surface area contributed by atoms with Gasteiger partial charge in [-0.25, -0.2) is 4.98 Å². The first kappa shape index (κ1) is 25.1. The zero-order valence-corrected chi connectivity index (χ0v) is 19.6. The smallest absolute Gasteiger partial charge is 0.264 e. The molecule has 32 heavy (non-hydrogen) atoms. The van der Waals surface area contributed by atoms with E-state index in [1.807, 2.05) is 6.07 Å². The number of rotatable bonds is 9. The third kappa shape index (κ3) is 5.98. The Hall–Kier alpha value is -3.12. The van der Waals surface area contributed by atoms with Crippen molar-refractivity contribution in [3.05, 3.63) is 35.4 Å². The molecule has 0 fully saturated rings. The highest BCUT2D eigenvalue weighted by molar-refractivity contribution is 8.00. The quantitative estimate of drug-likeness (QED) is 0.423. The van der Waals surface area contributed by atoms with Crippen LogP contribution in [0.25, 0.3) is 11.1 Å². The minimum Gasteiger partial charge on any atom is -0.497 e. The van der Waals surface area contributed by atoms with E-state index in [9.17, 15) is 23.7 Å². The molecule has 0 saturated carbocycles. The van der Waals surface area contributed by atoms with Gasteiger partial charge in [0.2, 0.25) is 0 Å². The van der Waals surface area contributed by atoms with Crippen molar-refractivity contribution in [1.82, 2.24) is 4.98 Å². The van der Waals surface area contributed by atoms with Gasteiger partial charge < -0.3 is 10.5 Å². The summed E-state index contributed by atoms with van der Waals surface area (Å²) in [5.74, 6) is 0.138. The molecule has 0 aliphatic rings. The first-order valence-electron chi connectivity index (χ1n) is 9.22. The summed E-state index contributed by atoms with van der Waals surface area (Å²) in [6, 6.07) is 10.8. The van der Waals surface area contributed by atoms with Crippen LogP contribution in [0.5, 0.6) is 5.75 Å². The van der Waals surface area contributed by atoms with E-state index in [-0.39, 0.29) is 40.1 Å². The molecule has 1 heterocycles. The number of Topliss-reactive ketones (excluding diaryl/α,β-unsaturated/α-hetero) is 1. The molecule has 9 nitrogen and oxygen atoms in total. The highest BCUT2D eigenvalue weighted by Crippen LogP contribution is 2.36. The van der Waals surface area contributed by atoms with Crippen LogP contribution < -0.4 is 10.5 Å². The van der Waals surface area contributed by atoms with Crippen LogP contribution in [0.3, 0.4) is 0 Å². The highest BCUT2D eigenvalue weighted by atomic mass is 32.2. The van der Waals surface area contributed by atoms with E-state index in [1.54, 1.807) is 38.1 Å². The maximum atomic E-state index is 12.7. The van der Waals surface area contributed by atoms with E-state index >= 15 is 0 Å². The van der Waals surface area contributed by atoms with Gasteiger partial charge in [0.1, 0.15) is 34.3 Å². The summed E-state index contributed by atoms with van der Waals surface area (Å²) in [7, 11) is -2.17. The summed E-state index contributed by atoms with van der Waals surface area (Å²) in [6.45, 7) is 2.82. The molecule has 0 unspecified atom stereocenters. The molecule has 0 atom stereocenters. The fraction of sp³-hybridized carbons (Fsp3) is 0.333. The molecule has 0 radical (unpaired) electrons. The summed E-state index contributed by atoms with van der Waals surface area (Å²) in [4.78, 5) is 16.8. The number of nitriles is 2. The average molecular weight is 475 g/mol. The topological polar surface area (TPSA) is 156 Å². The van der Waals surface area contributed by atoms with Crippen LogP contribution in [-0.4, -0.2) is 44.9 Å². The molecule has 0 saturated heterocycles. The Morgan fingerprint density at radius 2 is 1.78 bits per heavy atom. The predicted octanol–water partition coefficient (Wildman–Crippen LogP) is 2.75. The van der Waals surface area contributed by atoms with E-state index in [2.05, 4.69) is 11.1 Å². The second kappa shape index (κ2) is 10.0. The number of carbonyl (C=O) groups excluding carboxylic acids is 1. The molecule has 1 aromatic carbocycles. The third-order valence-corrected chi connectivity index (χ3v) is 6.04. The van der Waals surface area contributed by atoms with Crippen LogP contribution in [0.4, 0.5) is 5.82 Å². The van der Waals surface area contributed by atoms with Gasteiger partial charge >= 0.3 is 0 Å². The van der Waals surface area contributed by atoms with Gasteiger partial charge in [-0.3, -0.25) is 8.98 Å². The Bertz CT molecular complexity index is 1210. The number of hydrogen-bond donors (Lipinski definition) is 1. The van der Waals surface area contributed by atoms with Crippen molar-refractivity contribution in [2.45, 2.75) is 18.9 Å². The number of methoxy groups -OCH3 is 1. The Morgan fingerprint density at radius 1 is 1.19 bits per heavy atom. The molecular formula is C21H22N4O5S2. The normalized spacial score (nSPS) is 11.4. The van der Waals surface area contributed by atoms with E-state index in [4.69, 9.17) is 14.7 Å². The van der Waals surface area contributed by atoms with Crippen LogP contribution in [0, 0.1) is 28.1 Å².